The minimum absolute atomic E-state index is 0.0607. The molecule has 0 saturated carbocycles. The maximum Gasteiger partial charge on any atom is 0.211 e. The van der Waals surface area contributed by atoms with Crippen LogP contribution < -0.4 is 14.9 Å². The van der Waals surface area contributed by atoms with Crippen LogP contribution in [0.2, 0.25) is 0 Å². The van der Waals surface area contributed by atoms with Crippen LogP contribution in [-0.2, 0) is 6.54 Å². The van der Waals surface area contributed by atoms with Crippen molar-refractivity contribution in [2.24, 2.45) is 0 Å². The molecule has 0 aliphatic rings. The number of ether oxygens (including phenoxy) is 2. The fourth-order valence-corrected chi connectivity index (χ4v) is 2.59. The number of benzene rings is 1. The molecule has 0 spiro atoms. The van der Waals surface area contributed by atoms with Crippen LogP contribution in [0.1, 0.15) is 6.92 Å². The van der Waals surface area contributed by atoms with Crippen LogP contribution in [-0.4, -0.2) is 18.8 Å². The summed E-state index contributed by atoms with van der Waals surface area (Å²) in [5.41, 5.74) is 1.19. The van der Waals surface area contributed by atoms with Gasteiger partial charge in [-0.25, -0.2) is 0 Å². The van der Waals surface area contributed by atoms with Gasteiger partial charge in [0.05, 0.1) is 31.3 Å². The minimum Gasteiger partial charge on any atom is -0.493 e. The van der Waals surface area contributed by atoms with E-state index >= 15 is 0 Å². The molecule has 0 aliphatic heterocycles. The Morgan fingerprint density at radius 3 is 2.60 bits per heavy atom. The Balaban J connectivity index is 2.63. The maximum absolute atomic E-state index is 12.5. The van der Waals surface area contributed by atoms with E-state index in [9.17, 15) is 4.79 Å². The summed E-state index contributed by atoms with van der Waals surface area (Å²) in [4.78, 5) is 12.5. The van der Waals surface area contributed by atoms with Gasteiger partial charge in [0.25, 0.3) is 0 Å². The molecule has 2 aromatic heterocycles. The van der Waals surface area contributed by atoms with Crippen LogP contribution in [0.5, 0.6) is 11.5 Å². The topological polar surface area (TPSA) is 53.6 Å². The van der Waals surface area contributed by atoms with E-state index in [1.165, 1.54) is 6.26 Å². The summed E-state index contributed by atoms with van der Waals surface area (Å²) in [5, 5.41) is 1.17. The molecule has 0 fully saturated rings. The minimum atomic E-state index is -0.0607. The van der Waals surface area contributed by atoms with Gasteiger partial charge in [-0.3, -0.25) is 4.79 Å². The lowest BCUT2D eigenvalue weighted by molar-refractivity contribution is 0.357. The number of hydrogen-bond donors (Lipinski definition) is 0. The van der Waals surface area contributed by atoms with Crippen molar-refractivity contribution < 1.29 is 13.9 Å². The molecule has 20 heavy (non-hydrogen) atoms. The van der Waals surface area contributed by atoms with E-state index < -0.39 is 0 Å². The molecule has 0 amide bonds. The summed E-state index contributed by atoms with van der Waals surface area (Å²) in [6, 6.07) is 5.20. The van der Waals surface area contributed by atoms with Gasteiger partial charge in [0, 0.05) is 6.54 Å². The standard InChI is InChI=1S/C15H15NO4/c1-4-16-12-9(5-6-11(18-2)14(12)19-3)13(17)10-7-8-20-15(10)16/h5-8H,4H2,1-3H3. The predicted octanol–water partition coefficient (Wildman–Crippen LogP) is 2.78. The Labute approximate surface area is 115 Å². The van der Waals surface area contributed by atoms with Gasteiger partial charge < -0.3 is 18.5 Å². The fourth-order valence-electron chi connectivity index (χ4n) is 2.59. The summed E-state index contributed by atoms with van der Waals surface area (Å²) >= 11 is 0. The van der Waals surface area contributed by atoms with Gasteiger partial charge in [-0.1, -0.05) is 0 Å². The average Bonchev–Trinajstić information content (AvgIpc) is 2.96. The molecule has 0 atom stereocenters. The van der Waals surface area contributed by atoms with Gasteiger partial charge in [0.15, 0.2) is 11.5 Å². The van der Waals surface area contributed by atoms with Crippen molar-refractivity contribution in [1.82, 2.24) is 4.57 Å². The van der Waals surface area contributed by atoms with Crippen LogP contribution in [0.15, 0.2) is 33.7 Å². The first-order chi connectivity index (χ1) is 9.72. The molecular formula is C15H15NO4. The molecule has 3 aromatic rings. The number of fused-ring (bicyclic) bond motifs is 2. The SMILES string of the molecule is CCn1c2occc2c(=O)c2ccc(OC)c(OC)c21. The van der Waals surface area contributed by atoms with Crippen molar-refractivity contribution in [2.75, 3.05) is 14.2 Å². The summed E-state index contributed by atoms with van der Waals surface area (Å²) in [7, 11) is 3.14. The third-order valence-electron chi connectivity index (χ3n) is 3.48. The number of aromatic nitrogens is 1. The lowest BCUT2D eigenvalue weighted by Crippen LogP contribution is -2.11. The number of rotatable bonds is 3. The molecule has 104 valence electrons. The molecule has 0 radical (unpaired) electrons. The fraction of sp³-hybridized carbons (Fsp3) is 0.267. The molecule has 0 aliphatic carbocycles. The molecule has 5 heteroatoms. The Morgan fingerprint density at radius 1 is 1.15 bits per heavy atom. The van der Waals surface area contributed by atoms with Gasteiger partial charge in [0.2, 0.25) is 11.1 Å². The lowest BCUT2D eigenvalue weighted by Gasteiger charge is -2.15. The number of nitrogens with zero attached hydrogens (tertiary/aromatic N) is 1. The van der Waals surface area contributed by atoms with Crippen LogP contribution in [0.3, 0.4) is 0 Å². The number of hydrogen-bond acceptors (Lipinski definition) is 4. The largest absolute Gasteiger partial charge is 0.493 e. The third-order valence-corrected chi connectivity index (χ3v) is 3.48. The predicted molar refractivity (Wildman–Crippen MR) is 76.8 cm³/mol. The first-order valence-corrected chi connectivity index (χ1v) is 6.37. The summed E-state index contributed by atoms with van der Waals surface area (Å²) in [6.45, 7) is 2.65. The summed E-state index contributed by atoms with van der Waals surface area (Å²) in [5.74, 6) is 1.13. The van der Waals surface area contributed by atoms with Crippen molar-refractivity contribution in [3.05, 3.63) is 34.7 Å². The molecule has 3 rings (SSSR count). The van der Waals surface area contributed by atoms with Crippen LogP contribution in [0.4, 0.5) is 0 Å². The summed E-state index contributed by atoms with van der Waals surface area (Å²) in [6.07, 6.45) is 1.53. The van der Waals surface area contributed by atoms with Gasteiger partial charge in [-0.2, -0.15) is 0 Å². The molecule has 5 nitrogen and oxygen atoms in total. The Bertz CT molecular complexity index is 844. The maximum atomic E-state index is 12.5. The number of methoxy groups -OCH3 is 2. The van der Waals surface area contributed by atoms with Crippen molar-refractivity contribution in [3.63, 3.8) is 0 Å². The number of aryl methyl sites for hydroxylation is 1. The van der Waals surface area contributed by atoms with Crippen molar-refractivity contribution in [1.29, 1.82) is 0 Å². The first-order valence-electron chi connectivity index (χ1n) is 6.37. The monoisotopic (exact) mass is 273 g/mol. The van der Waals surface area contributed by atoms with Crippen LogP contribution >= 0.6 is 0 Å². The first kappa shape index (κ1) is 12.6. The van der Waals surface area contributed by atoms with E-state index in [0.29, 0.717) is 40.0 Å². The van der Waals surface area contributed by atoms with Crippen LogP contribution in [0.25, 0.3) is 22.0 Å². The zero-order chi connectivity index (χ0) is 14.3. The van der Waals surface area contributed by atoms with Crippen LogP contribution in [0, 0.1) is 0 Å². The zero-order valence-electron chi connectivity index (χ0n) is 11.6. The van der Waals surface area contributed by atoms with E-state index in [-0.39, 0.29) is 5.43 Å². The molecule has 0 bridgehead atoms. The highest BCUT2D eigenvalue weighted by Gasteiger charge is 2.18. The molecule has 0 N–H and O–H groups in total. The van der Waals surface area contributed by atoms with Crippen molar-refractivity contribution in [2.45, 2.75) is 13.5 Å². The highest BCUT2D eigenvalue weighted by molar-refractivity contribution is 5.95. The van der Waals surface area contributed by atoms with Gasteiger partial charge in [-0.15, -0.1) is 0 Å². The quantitative estimate of drug-likeness (QED) is 0.736. The second kappa shape index (κ2) is 4.59. The van der Waals surface area contributed by atoms with E-state index in [4.69, 9.17) is 13.9 Å². The van der Waals surface area contributed by atoms with E-state index in [1.807, 2.05) is 11.5 Å². The third kappa shape index (κ3) is 1.52. The molecule has 1 aromatic carbocycles. The zero-order valence-corrected chi connectivity index (χ0v) is 11.6. The highest BCUT2D eigenvalue weighted by Crippen LogP contribution is 2.35. The van der Waals surface area contributed by atoms with Gasteiger partial charge in [-0.05, 0) is 25.1 Å². The van der Waals surface area contributed by atoms with E-state index in [1.54, 1.807) is 32.4 Å². The molecular weight excluding hydrogens is 258 g/mol. The second-order valence-electron chi connectivity index (χ2n) is 4.41. The smallest absolute Gasteiger partial charge is 0.211 e. The van der Waals surface area contributed by atoms with E-state index in [0.717, 1.165) is 0 Å². The molecule has 0 saturated heterocycles. The van der Waals surface area contributed by atoms with Gasteiger partial charge >= 0.3 is 0 Å². The highest BCUT2D eigenvalue weighted by atomic mass is 16.5. The Hall–Kier alpha value is -2.43. The normalized spacial score (nSPS) is 11.2. The molecule has 0 unspecified atom stereocenters. The number of pyridine rings is 1. The van der Waals surface area contributed by atoms with Crippen molar-refractivity contribution >= 4 is 22.0 Å². The van der Waals surface area contributed by atoms with Crippen molar-refractivity contribution in [3.8, 4) is 11.5 Å². The lowest BCUT2D eigenvalue weighted by atomic mass is 10.1. The Kier molecular flexibility index (Phi) is 2.89. The molecule has 2 heterocycles. The van der Waals surface area contributed by atoms with E-state index in [2.05, 4.69) is 0 Å². The average molecular weight is 273 g/mol. The van der Waals surface area contributed by atoms with Gasteiger partial charge in [0.1, 0.15) is 5.52 Å². The number of furan rings is 1. The summed E-state index contributed by atoms with van der Waals surface area (Å²) < 4.78 is 18.1. The Morgan fingerprint density at radius 2 is 1.95 bits per heavy atom. The second-order valence-corrected chi connectivity index (χ2v) is 4.41.